The predicted molar refractivity (Wildman–Crippen MR) is 137 cm³/mol. The van der Waals surface area contributed by atoms with Gasteiger partial charge in [0.25, 0.3) is 0 Å². The summed E-state index contributed by atoms with van der Waals surface area (Å²) in [6.45, 7) is 8.55. The standard InChI is InChI=1S/C28H40O14/c1-11(2)6-16(30)39-14-8-27(9-37-13(4)29)15(7-12(14)3)40-23-21(22(34)26(27,5)28(23)10-38-28)42-25-19(33)17(31)18(32)20(41-25)24(35)36/h7,11,14-15,17-23,25,31-34H,6,8-10H2,1-5H3,(H,35,36). The highest BCUT2D eigenvalue weighted by molar-refractivity contribution is 5.73. The monoisotopic (exact) mass is 600 g/mol. The number of aliphatic hydroxyl groups excluding tert-OH is 4. The molecule has 5 N–H and O–H groups in total. The molecule has 2 bridgehead atoms. The first-order valence-electron chi connectivity index (χ1n) is 14.2. The van der Waals surface area contributed by atoms with E-state index < -0.39 is 95.6 Å². The largest absolute Gasteiger partial charge is 0.479 e. The van der Waals surface area contributed by atoms with Gasteiger partial charge in [0.1, 0.15) is 48.8 Å². The lowest BCUT2D eigenvalue weighted by molar-refractivity contribution is -0.315. The van der Waals surface area contributed by atoms with Crippen molar-refractivity contribution in [2.75, 3.05) is 13.2 Å². The van der Waals surface area contributed by atoms with Gasteiger partial charge in [-0.15, -0.1) is 0 Å². The van der Waals surface area contributed by atoms with Crippen molar-refractivity contribution in [3.8, 4) is 0 Å². The maximum Gasteiger partial charge on any atom is 0.335 e. The Morgan fingerprint density at radius 2 is 1.76 bits per heavy atom. The minimum atomic E-state index is -1.92. The zero-order chi connectivity index (χ0) is 30.9. The summed E-state index contributed by atoms with van der Waals surface area (Å²) < 4.78 is 35.3. The molecule has 13 atom stereocenters. The SMILES string of the molecule is CC(=O)OCC12CC(OC(=O)CC(C)C)C(C)=CC1OC1C(OC3OC(C(=O)O)C(O)C(O)C3O)C(O)C2(C)C12CO2. The van der Waals surface area contributed by atoms with Crippen molar-refractivity contribution < 1.29 is 68.3 Å². The fourth-order valence-corrected chi connectivity index (χ4v) is 7.36. The van der Waals surface area contributed by atoms with E-state index in [0.717, 1.165) is 0 Å². The van der Waals surface area contributed by atoms with Gasteiger partial charge in [-0.1, -0.05) is 26.8 Å². The molecule has 2 aliphatic carbocycles. The molecule has 3 aliphatic heterocycles. The number of carboxylic acid groups (broad SMARTS) is 1. The molecule has 14 heteroatoms. The number of carboxylic acids is 1. The van der Waals surface area contributed by atoms with E-state index in [1.807, 2.05) is 13.8 Å². The Labute approximate surface area is 242 Å². The number of aliphatic carboxylic acids is 1. The molecule has 1 spiro atoms. The van der Waals surface area contributed by atoms with Crippen molar-refractivity contribution >= 4 is 17.9 Å². The number of rotatable bonds is 8. The number of carbonyl (C=O) groups excluding carboxylic acids is 2. The van der Waals surface area contributed by atoms with Gasteiger partial charge in [-0.3, -0.25) is 9.59 Å². The molecule has 0 aromatic rings. The van der Waals surface area contributed by atoms with E-state index in [1.165, 1.54) is 6.92 Å². The Morgan fingerprint density at radius 3 is 2.33 bits per heavy atom. The van der Waals surface area contributed by atoms with Crippen molar-refractivity contribution in [1.82, 2.24) is 0 Å². The molecular formula is C28H40O14. The maximum atomic E-state index is 12.7. The third-order valence-electron chi connectivity index (χ3n) is 9.82. The van der Waals surface area contributed by atoms with Crippen LogP contribution in [0.5, 0.6) is 0 Å². The zero-order valence-electron chi connectivity index (χ0n) is 24.2. The Bertz CT molecular complexity index is 1130. The summed E-state index contributed by atoms with van der Waals surface area (Å²) in [5.74, 6) is -2.47. The van der Waals surface area contributed by atoms with Gasteiger partial charge >= 0.3 is 17.9 Å². The molecule has 5 rings (SSSR count). The molecule has 42 heavy (non-hydrogen) atoms. The minimum absolute atomic E-state index is 0.0693. The lowest BCUT2D eigenvalue weighted by Crippen LogP contribution is -2.67. The molecule has 3 saturated heterocycles. The van der Waals surface area contributed by atoms with Crippen LogP contribution in [0.4, 0.5) is 0 Å². The lowest BCUT2D eigenvalue weighted by atomic mass is 9.51. The molecule has 4 fully saturated rings. The Morgan fingerprint density at radius 1 is 1.10 bits per heavy atom. The summed E-state index contributed by atoms with van der Waals surface area (Å²) in [5, 5.41) is 52.5. The third kappa shape index (κ3) is 4.58. The predicted octanol–water partition coefficient (Wildman–Crippen LogP) is -0.962. The van der Waals surface area contributed by atoms with Gasteiger partial charge in [-0.25, -0.2) is 4.79 Å². The van der Waals surface area contributed by atoms with Crippen molar-refractivity contribution in [1.29, 1.82) is 0 Å². The second-order valence-electron chi connectivity index (χ2n) is 12.8. The van der Waals surface area contributed by atoms with Crippen LogP contribution in [0.2, 0.25) is 0 Å². The van der Waals surface area contributed by atoms with E-state index in [-0.39, 0.29) is 32.0 Å². The number of hydrogen-bond acceptors (Lipinski definition) is 13. The van der Waals surface area contributed by atoms with Gasteiger partial charge in [-0.2, -0.15) is 0 Å². The number of hydrogen-bond donors (Lipinski definition) is 5. The topological polar surface area (TPSA) is 211 Å². The van der Waals surface area contributed by atoms with Crippen molar-refractivity contribution in [2.24, 2.45) is 16.7 Å². The van der Waals surface area contributed by atoms with Crippen LogP contribution in [0.3, 0.4) is 0 Å². The molecule has 1 saturated carbocycles. The van der Waals surface area contributed by atoms with Crippen LogP contribution in [0.25, 0.3) is 0 Å². The summed E-state index contributed by atoms with van der Waals surface area (Å²) in [6, 6.07) is 0. The Balaban J connectivity index is 1.51. The van der Waals surface area contributed by atoms with E-state index in [1.54, 1.807) is 19.9 Å². The second kappa shape index (κ2) is 10.8. The molecule has 236 valence electrons. The van der Waals surface area contributed by atoms with Gasteiger partial charge in [0, 0.05) is 30.6 Å². The van der Waals surface area contributed by atoms with Crippen LogP contribution in [-0.2, 0) is 42.8 Å². The summed E-state index contributed by atoms with van der Waals surface area (Å²) in [5.41, 5.74) is -2.83. The summed E-state index contributed by atoms with van der Waals surface area (Å²) in [4.78, 5) is 36.4. The van der Waals surface area contributed by atoms with Crippen LogP contribution in [-0.4, -0.2) is 123 Å². The first-order chi connectivity index (χ1) is 19.6. The van der Waals surface area contributed by atoms with Crippen LogP contribution in [0.15, 0.2) is 11.6 Å². The summed E-state index contributed by atoms with van der Waals surface area (Å²) >= 11 is 0. The molecule has 0 radical (unpaired) electrons. The molecule has 0 amide bonds. The first-order valence-corrected chi connectivity index (χ1v) is 14.2. The molecular weight excluding hydrogens is 560 g/mol. The average Bonchev–Trinajstić information content (AvgIpc) is 3.68. The number of carbonyl (C=O) groups is 3. The molecule has 0 aromatic heterocycles. The van der Waals surface area contributed by atoms with Gasteiger partial charge in [0.2, 0.25) is 0 Å². The van der Waals surface area contributed by atoms with Crippen LogP contribution < -0.4 is 0 Å². The van der Waals surface area contributed by atoms with E-state index in [4.69, 9.17) is 28.4 Å². The Hall–Kier alpha value is -2.17. The van der Waals surface area contributed by atoms with Gasteiger partial charge in [0.15, 0.2) is 12.4 Å². The smallest absolute Gasteiger partial charge is 0.335 e. The van der Waals surface area contributed by atoms with E-state index in [0.29, 0.717) is 5.57 Å². The normalized spacial score (nSPS) is 47.5. The summed E-state index contributed by atoms with van der Waals surface area (Å²) in [7, 11) is 0. The molecule has 0 aromatic carbocycles. The molecule has 3 heterocycles. The van der Waals surface area contributed by atoms with Crippen LogP contribution >= 0.6 is 0 Å². The number of ether oxygens (including phenoxy) is 6. The van der Waals surface area contributed by atoms with Gasteiger partial charge < -0.3 is 54.0 Å². The van der Waals surface area contributed by atoms with Crippen molar-refractivity contribution in [3.05, 3.63) is 11.6 Å². The van der Waals surface area contributed by atoms with Gasteiger partial charge in [-0.05, 0) is 18.4 Å². The van der Waals surface area contributed by atoms with Crippen molar-refractivity contribution in [2.45, 2.75) is 114 Å². The quantitative estimate of drug-likeness (QED) is 0.129. The van der Waals surface area contributed by atoms with Gasteiger partial charge in [0.05, 0.1) is 18.8 Å². The molecule has 5 aliphatic rings. The minimum Gasteiger partial charge on any atom is -0.479 e. The highest BCUT2D eigenvalue weighted by atomic mass is 16.7. The number of epoxide rings is 1. The second-order valence-corrected chi connectivity index (χ2v) is 12.8. The maximum absolute atomic E-state index is 12.7. The van der Waals surface area contributed by atoms with E-state index >= 15 is 0 Å². The number of fused-ring (bicyclic) bond motifs is 2. The third-order valence-corrected chi connectivity index (χ3v) is 9.82. The fourth-order valence-electron chi connectivity index (χ4n) is 7.36. The van der Waals surface area contributed by atoms with Crippen LogP contribution in [0, 0.1) is 16.7 Å². The van der Waals surface area contributed by atoms with Crippen molar-refractivity contribution in [3.63, 3.8) is 0 Å². The van der Waals surface area contributed by atoms with E-state index in [2.05, 4.69) is 0 Å². The fraction of sp³-hybridized carbons (Fsp3) is 0.821. The number of aliphatic hydroxyl groups is 4. The lowest BCUT2D eigenvalue weighted by Gasteiger charge is -2.58. The van der Waals surface area contributed by atoms with E-state index in [9.17, 15) is 39.9 Å². The zero-order valence-corrected chi connectivity index (χ0v) is 24.2. The molecule has 14 nitrogen and oxygen atoms in total. The summed E-state index contributed by atoms with van der Waals surface area (Å²) in [6.07, 6.45) is -12.3. The molecule has 13 unspecified atom stereocenters. The first kappa shape index (κ1) is 31.3. The number of esters is 2. The van der Waals surface area contributed by atoms with Crippen LogP contribution in [0.1, 0.15) is 47.5 Å². The Kier molecular flexibility index (Phi) is 8.02. The highest BCUT2D eigenvalue weighted by Crippen LogP contribution is 2.72. The average molecular weight is 601 g/mol. The highest BCUT2D eigenvalue weighted by Gasteiger charge is 2.85.